The minimum atomic E-state index is -3.64. The van der Waals surface area contributed by atoms with Gasteiger partial charge in [0.1, 0.15) is 0 Å². The molecule has 0 bridgehead atoms. The van der Waals surface area contributed by atoms with Crippen molar-refractivity contribution in [3.63, 3.8) is 0 Å². The van der Waals surface area contributed by atoms with Crippen LogP contribution >= 0.6 is 0 Å². The number of nitrogens with one attached hydrogen (secondary N) is 1. The van der Waals surface area contributed by atoms with Gasteiger partial charge in [-0.1, -0.05) is 12.1 Å². The highest BCUT2D eigenvalue weighted by Crippen LogP contribution is 2.15. The molecule has 1 heterocycles. The fraction of sp³-hybridized carbons (Fsp3) is 0.286. The zero-order chi connectivity index (χ0) is 15.5. The third-order valence-electron chi connectivity index (χ3n) is 3.13. The molecule has 3 N–H and O–H groups in total. The number of nitrogens with two attached hydrogens (primary N) is 1. The van der Waals surface area contributed by atoms with E-state index in [0.29, 0.717) is 6.54 Å². The van der Waals surface area contributed by atoms with Gasteiger partial charge in [-0.25, -0.2) is 13.6 Å². The molecule has 0 aliphatic heterocycles. The number of hydrogen-bond donors (Lipinski definition) is 2. The molecule has 21 heavy (non-hydrogen) atoms. The predicted molar refractivity (Wildman–Crippen MR) is 79.8 cm³/mol. The van der Waals surface area contributed by atoms with Crippen LogP contribution in [0.2, 0.25) is 0 Å². The van der Waals surface area contributed by atoms with E-state index in [1.54, 1.807) is 24.5 Å². The Morgan fingerprint density at radius 3 is 2.38 bits per heavy atom. The first kappa shape index (κ1) is 15.6. The number of nitrogens with zero attached hydrogens (tertiary/aromatic N) is 2. The summed E-state index contributed by atoms with van der Waals surface area (Å²) in [5, 5.41) is 8.38. The second-order valence-electron chi connectivity index (χ2n) is 4.87. The molecular formula is C14H18N4O2S. The van der Waals surface area contributed by atoms with Crippen LogP contribution in [0.25, 0.3) is 0 Å². The first-order chi connectivity index (χ1) is 9.86. The third-order valence-corrected chi connectivity index (χ3v) is 4.06. The van der Waals surface area contributed by atoms with Gasteiger partial charge < -0.3 is 5.32 Å². The molecule has 7 heteroatoms. The van der Waals surface area contributed by atoms with Crippen LogP contribution in [-0.4, -0.2) is 18.4 Å². The average molecular weight is 306 g/mol. The Kier molecular flexibility index (Phi) is 4.66. The zero-order valence-corrected chi connectivity index (χ0v) is 12.8. The van der Waals surface area contributed by atoms with Crippen LogP contribution in [0.3, 0.4) is 0 Å². The van der Waals surface area contributed by atoms with Crippen molar-refractivity contribution in [3.8, 4) is 0 Å². The maximum Gasteiger partial charge on any atom is 0.238 e. The lowest BCUT2D eigenvalue weighted by Gasteiger charge is -2.14. The molecule has 0 saturated heterocycles. The van der Waals surface area contributed by atoms with Gasteiger partial charge in [0.05, 0.1) is 16.3 Å². The minimum Gasteiger partial charge on any atom is -0.305 e. The first-order valence-corrected chi connectivity index (χ1v) is 8.04. The van der Waals surface area contributed by atoms with E-state index in [4.69, 9.17) is 5.14 Å². The number of rotatable bonds is 5. The van der Waals surface area contributed by atoms with E-state index in [-0.39, 0.29) is 10.9 Å². The highest BCUT2D eigenvalue weighted by Gasteiger charge is 2.10. The van der Waals surface area contributed by atoms with Gasteiger partial charge in [0, 0.05) is 25.0 Å². The number of aryl methyl sites for hydroxylation is 1. The van der Waals surface area contributed by atoms with Crippen molar-refractivity contribution >= 4 is 10.0 Å². The maximum atomic E-state index is 11.2. The standard InChI is InChI=1S/C14H18N4O2S/c1-10-7-18-13(8-16-10)9-17-11(2)12-3-5-14(6-4-12)21(15,19)20/h3-8,11,17H,9H2,1-2H3,(H2,15,19,20). The molecule has 0 amide bonds. The van der Waals surface area contributed by atoms with E-state index >= 15 is 0 Å². The highest BCUT2D eigenvalue weighted by atomic mass is 32.2. The molecule has 1 aromatic heterocycles. The van der Waals surface area contributed by atoms with Crippen molar-refractivity contribution < 1.29 is 8.42 Å². The van der Waals surface area contributed by atoms with E-state index in [9.17, 15) is 8.42 Å². The maximum absolute atomic E-state index is 11.2. The van der Waals surface area contributed by atoms with Crippen molar-refractivity contribution in [3.05, 3.63) is 53.6 Å². The minimum absolute atomic E-state index is 0.0580. The van der Waals surface area contributed by atoms with Crippen molar-refractivity contribution in [1.82, 2.24) is 15.3 Å². The van der Waals surface area contributed by atoms with Crippen LogP contribution < -0.4 is 10.5 Å². The van der Waals surface area contributed by atoms with Gasteiger partial charge in [-0.3, -0.25) is 9.97 Å². The summed E-state index contributed by atoms with van der Waals surface area (Å²) < 4.78 is 22.4. The molecule has 1 atom stereocenters. The molecule has 0 aliphatic rings. The Morgan fingerprint density at radius 1 is 1.19 bits per heavy atom. The molecule has 2 rings (SSSR count). The summed E-state index contributed by atoms with van der Waals surface area (Å²) in [5.74, 6) is 0. The van der Waals surface area contributed by atoms with Crippen molar-refractivity contribution in [2.24, 2.45) is 5.14 Å². The van der Waals surface area contributed by atoms with Crippen LogP contribution in [-0.2, 0) is 16.6 Å². The summed E-state index contributed by atoms with van der Waals surface area (Å²) in [4.78, 5) is 8.57. The van der Waals surface area contributed by atoms with Gasteiger partial charge in [-0.2, -0.15) is 0 Å². The Bertz CT molecular complexity index is 697. The second-order valence-corrected chi connectivity index (χ2v) is 6.43. The van der Waals surface area contributed by atoms with Gasteiger partial charge in [0.25, 0.3) is 0 Å². The van der Waals surface area contributed by atoms with Crippen LogP contribution in [0.4, 0.5) is 0 Å². The molecule has 0 aliphatic carbocycles. The Balaban J connectivity index is 2.00. The molecule has 0 fully saturated rings. The largest absolute Gasteiger partial charge is 0.305 e. The summed E-state index contributed by atoms with van der Waals surface area (Å²) in [6, 6.07) is 6.57. The van der Waals surface area contributed by atoms with Crippen LogP contribution in [0.15, 0.2) is 41.6 Å². The Hall–Kier alpha value is -1.83. The Labute approximate surface area is 124 Å². The molecule has 1 unspecified atom stereocenters. The molecule has 2 aromatic rings. The number of aromatic nitrogens is 2. The summed E-state index contributed by atoms with van der Waals surface area (Å²) in [7, 11) is -3.64. The summed E-state index contributed by atoms with van der Waals surface area (Å²) in [5.41, 5.74) is 2.71. The van der Waals surface area contributed by atoms with Crippen LogP contribution in [0, 0.1) is 6.92 Å². The third kappa shape index (κ3) is 4.32. The lowest BCUT2D eigenvalue weighted by molar-refractivity contribution is 0.565. The summed E-state index contributed by atoms with van der Waals surface area (Å²) in [6.45, 7) is 4.47. The predicted octanol–water partition coefficient (Wildman–Crippen LogP) is 1.28. The quantitative estimate of drug-likeness (QED) is 0.867. The molecule has 112 valence electrons. The number of primary sulfonamides is 1. The topological polar surface area (TPSA) is 98.0 Å². The summed E-state index contributed by atoms with van der Waals surface area (Å²) in [6.07, 6.45) is 3.46. The van der Waals surface area contributed by atoms with Crippen LogP contribution in [0.5, 0.6) is 0 Å². The van der Waals surface area contributed by atoms with E-state index in [1.807, 2.05) is 13.8 Å². The van der Waals surface area contributed by atoms with Gasteiger partial charge in [-0.05, 0) is 31.5 Å². The van der Waals surface area contributed by atoms with Gasteiger partial charge in [-0.15, -0.1) is 0 Å². The molecular weight excluding hydrogens is 288 g/mol. The fourth-order valence-electron chi connectivity index (χ4n) is 1.83. The number of sulfonamides is 1. The number of hydrogen-bond acceptors (Lipinski definition) is 5. The van der Waals surface area contributed by atoms with Crippen molar-refractivity contribution in [1.29, 1.82) is 0 Å². The van der Waals surface area contributed by atoms with E-state index in [1.165, 1.54) is 12.1 Å². The zero-order valence-electron chi connectivity index (χ0n) is 11.9. The molecule has 0 saturated carbocycles. The molecule has 0 radical (unpaired) electrons. The molecule has 1 aromatic carbocycles. The lowest BCUT2D eigenvalue weighted by atomic mass is 10.1. The van der Waals surface area contributed by atoms with Gasteiger partial charge >= 0.3 is 0 Å². The molecule has 6 nitrogen and oxygen atoms in total. The number of benzene rings is 1. The fourth-order valence-corrected chi connectivity index (χ4v) is 2.35. The van der Waals surface area contributed by atoms with Crippen molar-refractivity contribution in [2.75, 3.05) is 0 Å². The van der Waals surface area contributed by atoms with Crippen molar-refractivity contribution in [2.45, 2.75) is 31.3 Å². The smallest absolute Gasteiger partial charge is 0.238 e. The summed E-state index contributed by atoms with van der Waals surface area (Å²) >= 11 is 0. The van der Waals surface area contributed by atoms with Gasteiger partial charge in [0.15, 0.2) is 0 Å². The van der Waals surface area contributed by atoms with E-state index in [2.05, 4.69) is 15.3 Å². The average Bonchev–Trinajstić information content (AvgIpc) is 2.45. The van der Waals surface area contributed by atoms with Crippen LogP contribution in [0.1, 0.15) is 29.9 Å². The second kappa shape index (κ2) is 6.30. The monoisotopic (exact) mass is 306 g/mol. The first-order valence-electron chi connectivity index (χ1n) is 6.50. The normalized spacial score (nSPS) is 13.1. The highest BCUT2D eigenvalue weighted by molar-refractivity contribution is 7.89. The van der Waals surface area contributed by atoms with E-state index < -0.39 is 10.0 Å². The SMILES string of the molecule is Cc1cnc(CNC(C)c2ccc(S(N)(=O)=O)cc2)cn1. The Morgan fingerprint density at radius 2 is 1.86 bits per heavy atom. The molecule has 0 spiro atoms. The van der Waals surface area contributed by atoms with E-state index in [0.717, 1.165) is 17.0 Å². The lowest BCUT2D eigenvalue weighted by Crippen LogP contribution is -2.19. The van der Waals surface area contributed by atoms with Gasteiger partial charge in [0.2, 0.25) is 10.0 Å².